The molecule has 0 heterocycles. The molecule has 0 saturated heterocycles. The smallest absolute Gasteiger partial charge is 0.328 e. The van der Waals surface area contributed by atoms with Gasteiger partial charge in [-0.1, -0.05) is 41.0 Å². The lowest BCUT2D eigenvalue weighted by atomic mass is 9.97. The summed E-state index contributed by atoms with van der Waals surface area (Å²) in [6.07, 6.45) is 0.315. The van der Waals surface area contributed by atoms with Gasteiger partial charge in [-0.05, 0) is 25.2 Å². The van der Waals surface area contributed by atoms with Crippen molar-refractivity contribution in [1.29, 1.82) is 0 Å². The summed E-state index contributed by atoms with van der Waals surface area (Å²) >= 11 is 0. The maximum absolute atomic E-state index is 12.6. The monoisotopic (exact) mass is 401 g/mol. The Labute approximate surface area is 166 Å². The number of aliphatic carboxylic acids is 1. The van der Waals surface area contributed by atoms with Crippen LogP contribution >= 0.6 is 0 Å². The molecule has 0 aliphatic rings. The molecule has 3 amide bonds. The van der Waals surface area contributed by atoms with Crippen molar-refractivity contribution < 1.29 is 29.4 Å². The van der Waals surface area contributed by atoms with Crippen LogP contribution < -0.4 is 16.0 Å². The van der Waals surface area contributed by atoms with Crippen LogP contribution in [-0.4, -0.2) is 58.1 Å². The molecule has 0 rings (SSSR count). The van der Waals surface area contributed by atoms with Crippen molar-refractivity contribution in [2.24, 2.45) is 11.8 Å². The summed E-state index contributed by atoms with van der Waals surface area (Å²) in [5, 5.41) is 26.7. The third-order valence-corrected chi connectivity index (χ3v) is 4.63. The largest absolute Gasteiger partial charge is 0.480 e. The van der Waals surface area contributed by atoms with E-state index in [9.17, 15) is 29.4 Å². The number of hydrogen-bond donors (Lipinski definition) is 5. The first-order valence-electron chi connectivity index (χ1n) is 9.77. The van der Waals surface area contributed by atoms with Gasteiger partial charge in [0, 0.05) is 6.42 Å². The minimum Gasteiger partial charge on any atom is -0.480 e. The Balaban J connectivity index is 5.08. The number of carboxylic acid groups (broad SMARTS) is 1. The van der Waals surface area contributed by atoms with Gasteiger partial charge in [0.05, 0.1) is 6.10 Å². The van der Waals surface area contributed by atoms with Crippen molar-refractivity contribution >= 4 is 23.7 Å². The number of rotatable bonds is 12. The second kappa shape index (κ2) is 12.3. The summed E-state index contributed by atoms with van der Waals surface area (Å²) in [4.78, 5) is 48.1. The molecule has 1 unspecified atom stereocenters. The Morgan fingerprint density at radius 1 is 0.857 bits per heavy atom. The molecule has 0 aromatic heterocycles. The maximum Gasteiger partial charge on any atom is 0.328 e. The molecule has 0 saturated carbocycles. The van der Waals surface area contributed by atoms with Gasteiger partial charge in [0.15, 0.2) is 6.04 Å². The molecule has 0 spiro atoms. The van der Waals surface area contributed by atoms with Crippen LogP contribution in [0, 0.1) is 11.8 Å². The molecule has 0 aliphatic heterocycles. The van der Waals surface area contributed by atoms with Gasteiger partial charge in [-0.2, -0.15) is 0 Å². The van der Waals surface area contributed by atoms with Gasteiger partial charge in [0.25, 0.3) is 0 Å². The molecule has 0 radical (unpaired) electrons. The van der Waals surface area contributed by atoms with Crippen molar-refractivity contribution in [2.75, 3.05) is 0 Å². The van der Waals surface area contributed by atoms with E-state index in [1.54, 1.807) is 13.8 Å². The van der Waals surface area contributed by atoms with E-state index < -0.39 is 42.0 Å². The highest BCUT2D eigenvalue weighted by Gasteiger charge is 2.33. The van der Waals surface area contributed by atoms with Gasteiger partial charge < -0.3 is 26.2 Å². The number of amides is 3. The second-order valence-corrected chi connectivity index (χ2v) is 7.47. The summed E-state index contributed by atoms with van der Waals surface area (Å²) < 4.78 is 0. The van der Waals surface area contributed by atoms with Gasteiger partial charge in [-0.25, -0.2) is 4.79 Å². The summed E-state index contributed by atoms with van der Waals surface area (Å²) in [5.74, 6) is -3.38. The molecule has 5 N–H and O–H groups in total. The summed E-state index contributed by atoms with van der Waals surface area (Å²) in [6, 6.07) is -3.32. The average molecular weight is 402 g/mol. The van der Waals surface area contributed by atoms with Crippen LogP contribution in [-0.2, 0) is 19.2 Å². The fourth-order valence-corrected chi connectivity index (χ4v) is 2.50. The van der Waals surface area contributed by atoms with Gasteiger partial charge in [0.2, 0.25) is 17.7 Å². The van der Waals surface area contributed by atoms with Crippen LogP contribution in [0.1, 0.15) is 60.8 Å². The van der Waals surface area contributed by atoms with E-state index in [1.165, 1.54) is 6.92 Å². The van der Waals surface area contributed by atoms with Crippen LogP contribution in [0.5, 0.6) is 0 Å². The zero-order chi connectivity index (χ0) is 22.0. The van der Waals surface area contributed by atoms with Gasteiger partial charge in [-0.15, -0.1) is 0 Å². The highest BCUT2D eigenvalue weighted by Crippen LogP contribution is 2.10. The fourth-order valence-electron chi connectivity index (χ4n) is 2.50. The Bertz CT molecular complexity index is 552. The maximum atomic E-state index is 12.6. The molecule has 0 fully saturated rings. The molecule has 9 heteroatoms. The van der Waals surface area contributed by atoms with Crippen LogP contribution in [0.4, 0.5) is 0 Å². The molecule has 28 heavy (non-hydrogen) atoms. The SMILES string of the molecule is CCCC(=O)N[C@H](C(=O)N[C@@H](C)C(=O)N[C@H](C(=O)O)C(O)C(C)C)[C@@H](C)CC. The first-order chi connectivity index (χ1) is 13.0. The highest BCUT2D eigenvalue weighted by atomic mass is 16.4. The Kier molecular flexibility index (Phi) is 11.4. The Morgan fingerprint density at radius 3 is 1.86 bits per heavy atom. The number of carbonyl (C=O) groups is 4. The van der Waals surface area contributed by atoms with E-state index >= 15 is 0 Å². The fraction of sp³-hybridized carbons (Fsp3) is 0.789. The van der Waals surface area contributed by atoms with Crippen molar-refractivity contribution in [3.63, 3.8) is 0 Å². The third kappa shape index (κ3) is 8.24. The highest BCUT2D eigenvalue weighted by molar-refractivity contribution is 5.93. The summed E-state index contributed by atoms with van der Waals surface area (Å²) in [7, 11) is 0. The Morgan fingerprint density at radius 2 is 1.43 bits per heavy atom. The summed E-state index contributed by atoms with van der Waals surface area (Å²) in [5.41, 5.74) is 0. The summed E-state index contributed by atoms with van der Waals surface area (Å²) in [6.45, 7) is 10.2. The molecule has 0 aromatic rings. The zero-order valence-corrected chi connectivity index (χ0v) is 17.6. The van der Waals surface area contributed by atoms with E-state index in [1.807, 2.05) is 20.8 Å². The lowest BCUT2D eigenvalue weighted by Crippen LogP contribution is -2.58. The molecule has 0 aromatic carbocycles. The van der Waals surface area contributed by atoms with E-state index in [4.69, 9.17) is 0 Å². The van der Waals surface area contributed by atoms with Crippen LogP contribution in [0.3, 0.4) is 0 Å². The van der Waals surface area contributed by atoms with Crippen molar-refractivity contribution in [3.05, 3.63) is 0 Å². The zero-order valence-electron chi connectivity index (χ0n) is 17.6. The van der Waals surface area contributed by atoms with Crippen LogP contribution in [0.15, 0.2) is 0 Å². The van der Waals surface area contributed by atoms with Crippen molar-refractivity contribution in [2.45, 2.75) is 85.0 Å². The standard InChI is InChI=1S/C19H35N3O6/c1-7-9-13(23)21-14(11(5)8-2)18(26)20-12(6)17(25)22-15(19(27)28)16(24)10(3)4/h10-12,14-16,24H,7-9H2,1-6H3,(H,20,26)(H,21,23)(H,22,25)(H,27,28)/t11-,12-,14-,15-,16?/m0/s1. The molecule has 5 atom stereocenters. The number of carboxylic acids is 1. The first kappa shape index (κ1) is 25.8. The number of nitrogens with one attached hydrogen (secondary N) is 3. The number of aliphatic hydroxyl groups excluding tert-OH is 1. The van der Waals surface area contributed by atoms with Gasteiger partial charge in [0.1, 0.15) is 12.1 Å². The second-order valence-electron chi connectivity index (χ2n) is 7.47. The van der Waals surface area contributed by atoms with Crippen LogP contribution in [0.2, 0.25) is 0 Å². The number of aliphatic hydroxyl groups is 1. The van der Waals surface area contributed by atoms with E-state index in [-0.39, 0.29) is 17.7 Å². The van der Waals surface area contributed by atoms with E-state index in [0.717, 1.165) is 0 Å². The van der Waals surface area contributed by atoms with Crippen LogP contribution in [0.25, 0.3) is 0 Å². The third-order valence-electron chi connectivity index (χ3n) is 4.63. The first-order valence-corrected chi connectivity index (χ1v) is 9.77. The number of hydrogen-bond acceptors (Lipinski definition) is 5. The minimum absolute atomic E-state index is 0.148. The molecule has 0 aliphatic carbocycles. The van der Waals surface area contributed by atoms with Crippen molar-refractivity contribution in [3.8, 4) is 0 Å². The van der Waals surface area contributed by atoms with E-state index in [0.29, 0.717) is 19.3 Å². The van der Waals surface area contributed by atoms with E-state index in [2.05, 4.69) is 16.0 Å². The molecule has 0 bridgehead atoms. The normalized spacial score (nSPS) is 16.4. The lowest BCUT2D eigenvalue weighted by Gasteiger charge is -2.27. The van der Waals surface area contributed by atoms with Gasteiger partial charge in [-0.3, -0.25) is 14.4 Å². The average Bonchev–Trinajstić information content (AvgIpc) is 2.62. The molecular formula is C19H35N3O6. The Hall–Kier alpha value is -2.16. The van der Waals surface area contributed by atoms with Gasteiger partial charge >= 0.3 is 5.97 Å². The molecule has 9 nitrogen and oxygen atoms in total. The quantitative estimate of drug-likeness (QED) is 0.320. The predicted octanol–water partition coefficient (Wildman–Crippen LogP) is 0.408. The lowest BCUT2D eigenvalue weighted by molar-refractivity contribution is -0.146. The predicted molar refractivity (Wildman–Crippen MR) is 104 cm³/mol. The number of carbonyl (C=O) groups excluding carboxylic acids is 3. The molecule has 162 valence electrons. The van der Waals surface area contributed by atoms with Crippen molar-refractivity contribution in [1.82, 2.24) is 16.0 Å². The molecular weight excluding hydrogens is 366 g/mol. The minimum atomic E-state index is -1.48. The topological polar surface area (TPSA) is 145 Å².